The summed E-state index contributed by atoms with van der Waals surface area (Å²) in [6, 6.07) is 24.8. The van der Waals surface area contributed by atoms with Crippen molar-refractivity contribution in [1.29, 1.82) is 0 Å². The fraction of sp³-hybridized carbons (Fsp3) is 0.0476. The van der Waals surface area contributed by atoms with Crippen molar-refractivity contribution in [3.63, 3.8) is 0 Å². The van der Waals surface area contributed by atoms with Crippen LogP contribution in [0.2, 0.25) is 5.02 Å². The second-order valence-corrected chi connectivity index (χ2v) is 7.04. The summed E-state index contributed by atoms with van der Waals surface area (Å²) in [6.07, 6.45) is 1.63. The number of carbonyl (C=O) groups is 1. The normalized spacial score (nSPS) is 10.7. The molecular formula is C21H17ClN2O2S. The molecule has 0 saturated heterocycles. The van der Waals surface area contributed by atoms with Gasteiger partial charge < -0.3 is 4.74 Å². The highest BCUT2D eigenvalue weighted by Crippen LogP contribution is 2.29. The SMILES string of the molecule is O=C(COc1cccc(Cl)c1)NN=Cc1ccccc1Sc1ccccc1. The number of ether oxygens (including phenoxy) is 1. The van der Waals surface area contributed by atoms with Crippen molar-refractivity contribution in [1.82, 2.24) is 5.43 Å². The Kier molecular flexibility index (Phi) is 6.90. The highest BCUT2D eigenvalue weighted by Gasteiger charge is 2.04. The highest BCUT2D eigenvalue weighted by atomic mass is 35.5. The summed E-state index contributed by atoms with van der Waals surface area (Å²) in [7, 11) is 0. The lowest BCUT2D eigenvalue weighted by molar-refractivity contribution is -0.123. The van der Waals surface area contributed by atoms with Crippen molar-refractivity contribution in [3.05, 3.63) is 89.4 Å². The Morgan fingerprint density at radius 1 is 1.04 bits per heavy atom. The molecule has 136 valence electrons. The van der Waals surface area contributed by atoms with Crippen molar-refractivity contribution in [2.45, 2.75) is 9.79 Å². The lowest BCUT2D eigenvalue weighted by atomic mass is 10.2. The fourth-order valence-corrected chi connectivity index (χ4v) is 3.32. The monoisotopic (exact) mass is 396 g/mol. The van der Waals surface area contributed by atoms with E-state index < -0.39 is 0 Å². The summed E-state index contributed by atoms with van der Waals surface area (Å²) in [5.74, 6) is 0.186. The van der Waals surface area contributed by atoms with E-state index >= 15 is 0 Å². The topological polar surface area (TPSA) is 50.7 Å². The van der Waals surface area contributed by atoms with E-state index in [0.717, 1.165) is 15.4 Å². The number of rotatable bonds is 7. The summed E-state index contributed by atoms with van der Waals surface area (Å²) in [6.45, 7) is -0.141. The van der Waals surface area contributed by atoms with Gasteiger partial charge in [0.2, 0.25) is 0 Å². The standard InChI is InChI=1S/C21H17ClN2O2S/c22-17-8-6-9-18(13-17)26-15-21(25)24-23-14-16-7-4-5-12-20(16)27-19-10-2-1-3-11-19/h1-14H,15H2,(H,24,25). The maximum Gasteiger partial charge on any atom is 0.277 e. The molecule has 4 nitrogen and oxygen atoms in total. The molecule has 3 rings (SSSR count). The summed E-state index contributed by atoms with van der Waals surface area (Å²) in [5.41, 5.74) is 3.39. The first-order chi connectivity index (χ1) is 13.2. The van der Waals surface area contributed by atoms with Crippen molar-refractivity contribution in [2.24, 2.45) is 5.10 Å². The van der Waals surface area contributed by atoms with E-state index in [1.165, 1.54) is 0 Å². The van der Waals surface area contributed by atoms with Crippen LogP contribution in [-0.2, 0) is 4.79 Å². The zero-order valence-electron chi connectivity index (χ0n) is 14.3. The first-order valence-corrected chi connectivity index (χ1v) is 9.42. The van der Waals surface area contributed by atoms with Gasteiger partial charge >= 0.3 is 0 Å². The number of amides is 1. The van der Waals surface area contributed by atoms with Crippen LogP contribution >= 0.6 is 23.4 Å². The van der Waals surface area contributed by atoms with Crippen LogP contribution in [0.25, 0.3) is 0 Å². The lowest BCUT2D eigenvalue weighted by Crippen LogP contribution is -2.24. The van der Waals surface area contributed by atoms with Crippen LogP contribution in [-0.4, -0.2) is 18.7 Å². The van der Waals surface area contributed by atoms with Gasteiger partial charge in [-0.1, -0.05) is 65.8 Å². The van der Waals surface area contributed by atoms with Crippen molar-refractivity contribution in [3.8, 4) is 5.75 Å². The lowest BCUT2D eigenvalue weighted by Gasteiger charge is -2.06. The minimum atomic E-state index is -0.348. The molecule has 0 fully saturated rings. The number of hydrazone groups is 1. The molecule has 0 atom stereocenters. The van der Waals surface area contributed by atoms with E-state index in [-0.39, 0.29) is 12.5 Å². The molecule has 0 aliphatic heterocycles. The Morgan fingerprint density at radius 3 is 2.63 bits per heavy atom. The van der Waals surface area contributed by atoms with E-state index in [9.17, 15) is 4.79 Å². The molecular weight excluding hydrogens is 380 g/mol. The number of nitrogens with zero attached hydrogens (tertiary/aromatic N) is 1. The van der Waals surface area contributed by atoms with Gasteiger partial charge in [-0.05, 0) is 36.4 Å². The van der Waals surface area contributed by atoms with Crippen LogP contribution in [0.3, 0.4) is 0 Å². The van der Waals surface area contributed by atoms with Gasteiger partial charge in [-0.3, -0.25) is 4.79 Å². The largest absolute Gasteiger partial charge is 0.484 e. The van der Waals surface area contributed by atoms with Gasteiger partial charge in [0.25, 0.3) is 5.91 Å². The summed E-state index contributed by atoms with van der Waals surface area (Å²) in [4.78, 5) is 14.1. The van der Waals surface area contributed by atoms with E-state index in [4.69, 9.17) is 16.3 Å². The third-order valence-corrected chi connectivity index (χ3v) is 4.78. The van der Waals surface area contributed by atoms with Crippen molar-refractivity contribution in [2.75, 3.05) is 6.61 Å². The van der Waals surface area contributed by atoms with Crippen molar-refractivity contribution >= 4 is 35.5 Å². The average Bonchev–Trinajstić information content (AvgIpc) is 2.69. The minimum absolute atomic E-state index is 0.141. The van der Waals surface area contributed by atoms with E-state index in [2.05, 4.69) is 10.5 Å². The van der Waals surface area contributed by atoms with Gasteiger partial charge in [-0.15, -0.1) is 0 Å². The molecule has 1 amide bonds. The Morgan fingerprint density at radius 2 is 1.81 bits per heavy atom. The van der Waals surface area contributed by atoms with Crippen LogP contribution in [0.15, 0.2) is 93.8 Å². The molecule has 0 spiro atoms. The molecule has 0 aliphatic rings. The van der Waals surface area contributed by atoms with Crippen LogP contribution < -0.4 is 10.2 Å². The van der Waals surface area contributed by atoms with Gasteiger partial charge in [0.15, 0.2) is 6.61 Å². The highest BCUT2D eigenvalue weighted by molar-refractivity contribution is 7.99. The molecule has 0 saturated carbocycles. The van der Waals surface area contributed by atoms with Gasteiger partial charge in [0.05, 0.1) is 6.21 Å². The van der Waals surface area contributed by atoms with Gasteiger partial charge in [0.1, 0.15) is 5.75 Å². The van der Waals surface area contributed by atoms with Gasteiger partial charge in [0, 0.05) is 20.4 Å². The Balaban J connectivity index is 1.55. The average molecular weight is 397 g/mol. The van der Waals surface area contributed by atoms with E-state index in [1.54, 1.807) is 42.2 Å². The predicted molar refractivity (Wildman–Crippen MR) is 110 cm³/mol. The minimum Gasteiger partial charge on any atom is -0.484 e. The molecule has 0 unspecified atom stereocenters. The molecule has 6 heteroatoms. The smallest absolute Gasteiger partial charge is 0.277 e. The molecule has 27 heavy (non-hydrogen) atoms. The fourth-order valence-electron chi connectivity index (χ4n) is 2.21. The zero-order chi connectivity index (χ0) is 18.9. The molecule has 1 N–H and O–H groups in total. The van der Waals surface area contributed by atoms with Gasteiger partial charge in [-0.2, -0.15) is 5.10 Å². The molecule has 3 aromatic rings. The molecule has 0 radical (unpaired) electrons. The first kappa shape index (κ1) is 19.0. The Bertz CT molecular complexity index is 932. The van der Waals surface area contributed by atoms with Gasteiger partial charge in [-0.25, -0.2) is 5.43 Å². The summed E-state index contributed by atoms with van der Waals surface area (Å²) >= 11 is 7.52. The zero-order valence-corrected chi connectivity index (χ0v) is 15.9. The summed E-state index contributed by atoms with van der Waals surface area (Å²) in [5, 5.41) is 4.58. The molecule has 0 heterocycles. The number of benzene rings is 3. The number of hydrogen-bond acceptors (Lipinski definition) is 4. The molecule has 0 bridgehead atoms. The number of hydrogen-bond donors (Lipinski definition) is 1. The number of nitrogens with one attached hydrogen (secondary N) is 1. The first-order valence-electron chi connectivity index (χ1n) is 8.23. The third-order valence-electron chi connectivity index (χ3n) is 3.45. The molecule has 0 aliphatic carbocycles. The maximum atomic E-state index is 11.9. The van der Waals surface area contributed by atoms with Crippen LogP contribution in [0.1, 0.15) is 5.56 Å². The van der Waals surface area contributed by atoms with E-state index in [1.807, 2.05) is 54.6 Å². The van der Waals surface area contributed by atoms with Crippen LogP contribution in [0.5, 0.6) is 5.75 Å². The number of halogens is 1. The second kappa shape index (κ2) is 9.80. The van der Waals surface area contributed by atoms with Crippen molar-refractivity contribution < 1.29 is 9.53 Å². The van der Waals surface area contributed by atoms with E-state index in [0.29, 0.717) is 10.8 Å². The number of carbonyl (C=O) groups excluding carboxylic acids is 1. The summed E-state index contributed by atoms with van der Waals surface area (Å²) < 4.78 is 5.38. The maximum absolute atomic E-state index is 11.9. The second-order valence-electron chi connectivity index (χ2n) is 5.49. The predicted octanol–water partition coefficient (Wildman–Crippen LogP) is 5.02. The molecule has 3 aromatic carbocycles. The molecule has 0 aromatic heterocycles. The third kappa shape index (κ3) is 6.16. The van der Waals surface area contributed by atoms with Crippen LogP contribution in [0, 0.1) is 0 Å². The quantitative estimate of drug-likeness (QED) is 0.450. The Hall–Kier alpha value is -2.76. The Labute approximate surface area is 167 Å². The van der Waals surface area contributed by atoms with Crippen LogP contribution in [0.4, 0.5) is 0 Å².